The molecule has 0 unspecified atom stereocenters. The van der Waals surface area contributed by atoms with Crippen molar-refractivity contribution in [1.82, 2.24) is 0 Å². The average molecular weight is 429 g/mol. The Kier molecular flexibility index (Phi) is 6.83. The molecule has 0 saturated heterocycles. The molecule has 7 heteroatoms. The largest absolute Gasteiger partial charge is 0.416 e. The number of benzene rings is 2. The van der Waals surface area contributed by atoms with E-state index in [1.54, 1.807) is 13.0 Å². The lowest BCUT2D eigenvalue weighted by molar-refractivity contribution is -0.137. The maximum absolute atomic E-state index is 13.0. The number of hydrogen-bond acceptors (Lipinski definition) is 3. The minimum atomic E-state index is -4.48. The van der Waals surface area contributed by atoms with E-state index in [0.717, 1.165) is 54.3 Å². The number of halogens is 3. The van der Waals surface area contributed by atoms with Crippen LogP contribution in [0.1, 0.15) is 44.7 Å². The second-order valence-electron chi connectivity index (χ2n) is 7.49. The molecule has 3 rings (SSSR count). The van der Waals surface area contributed by atoms with E-state index < -0.39 is 17.6 Å². The monoisotopic (exact) mass is 429 g/mol. The van der Waals surface area contributed by atoms with Crippen LogP contribution < -0.4 is 9.91 Å². The highest BCUT2D eigenvalue weighted by Crippen LogP contribution is 2.33. The van der Waals surface area contributed by atoms with Crippen LogP contribution in [0, 0.1) is 0 Å². The minimum absolute atomic E-state index is 0.0905. The summed E-state index contributed by atoms with van der Waals surface area (Å²) < 4.78 is 39.1. The third kappa shape index (κ3) is 5.16. The molecule has 0 aliphatic carbocycles. The molecule has 2 aromatic rings. The van der Waals surface area contributed by atoms with Gasteiger partial charge in [-0.2, -0.15) is 23.3 Å². The molecule has 0 aromatic heterocycles. The van der Waals surface area contributed by atoms with Gasteiger partial charge in [0.25, 0.3) is 5.91 Å². The molecule has 1 aliphatic heterocycles. The van der Waals surface area contributed by atoms with Crippen LogP contribution in [-0.4, -0.2) is 24.7 Å². The molecule has 1 amide bonds. The van der Waals surface area contributed by atoms with Crippen LogP contribution in [0.5, 0.6) is 0 Å². The fourth-order valence-electron chi connectivity index (χ4n) is 3.53. The third-order valence-corrected chi connectivity index (χ3v) is 5.04. The van der Waals surface area contributed by atoms with Crippen molar-refractivity contribution in [2.45, 2.75) is 39.8 Å². The molecule has 164 valence electrons. The maximum Gasteiger partial charge on any atom is 0.416 e. The Morgan fingerprint density at radius 1 is 1.03 bits per heavy atom. The van der Waals surface area contributed by atoms with Crippen LogP contribution in [0.25, 0.3) is 6.08 Å². The van der Waals surface area contributed by atoms with Crippen LogP contribution in [0.4, 0.5) is 24.5 Å². The number of rotatable bonds is 7. The molecule has 1 heterocycles. The summed E-state index contributed by atoms with van der Waals surface area (Å²) >= 11 is 0. The van der Waals surface area contributed by atoms with Gasteiger partial charge < -0.3 is 4.90 Å². The highest BCUT2D eigenvalue weighted by Gasteiger charge is 2.33. The maximum atomic E-state index is 13.0. The zero-order chi connectivity index (χ0) is 22.6. The summed E-state index contributed by atoms with van der Waals surface area (Å²) in [6, 6.07) is 12.5. The zero-order valence-corrected chi connectivity index (χ0v) is 17.9. The van der Waals surface area contributed by atoms with Crippen molar-refractivity contribution in [3.05, 3.63) is 65.2 Å². The predicted octanol–water partition coefficient (Wildman–Crippen LogP) is 6.14. The SMILES string of the molecule is CCCN(CCC)c1ccc(/C=C2\C(=O)N(c3cccc(C(F)(F)F)c3)N=C2C)cc1. The topological polar surface area (TPSA) is 35.9 Å². The molecule has 0 N–H and O–H groups in total. The highest BCUT2D eigenvalue weighted by molar-refractivity contribution is 6.32. The molecule has 4 nitrogen and oxygen atoms in total. The van der Waals surface area contributed by atoms with Gasteiger partial charge in [0.05, 0.1) is 22.5 Å². The summed E-state index contributed by atoms with van der Waals surface area (Å²) in [6.07, 6.45) is -0.646. The van der Waals surface area contributed by atoms with E-state index in [1.165, 1.54) is 12.1 Å². The smallest absolute Gasteiger partial charge is 0.372 e. The van der Waals surface area contributed by atoms with Crippen molar-refractivity contribution in [1.29, 1.82) is 0 Å². The number of carbonyl (C=O) groups is 1. The van der Waals surface area contributed by atoms with Gasteiger partial charge in [-0.05, 0) is 61.7 Å². The average Bonchev–Trinajstić information content (AvgIpc) is 3.02. The first-order valence-corrected chi connectivity index (χ1v) is 10.4. The molecule has 0 radical (unpaired) electrons. The molecule has 0 atom stereocenters. The quantitative estimate of drug-likeness (QED) is 0.496. The molecule has 0 spiro atoms. The van der Waals surface area contributed by atoms with Gasteiger partial charge in [-0.15, -0.1) is 0 Å². The molecule has 31 heavy (non-hydrogen) atoms. The van der Waals surface area contributed by atoms with Crippen molar-refractivity contribution < 1.29 is 18.0 Å². The summed E-state index contributed by atoms with van der Waals surface area (Å²) in [6.45, 7) is 7.92. The molecule has 1 aliphatic rings. The van der Waals surface area contributed by atoms with Crippen molar-refractivity contribution >= 4 is 29.1 Å². The van der Waals surface area contributed by atoms with E-state index in [9.17, 15) is 18.0 Å². The lowest BCUT2D eigenvalue weighted by atomic mass is 10.1. The van der Waals surface area contributed by atoms with E-state index in [2.05, 4.69) is 23.8 Å². The van der Waals surface area contributed by atoms with Gasteiger partial charge in [0.2, 0.25) is 0 Å². The number of nitrogens with zero attached hydrogens (tertiary/aromatic N) is 3. The summed E-state index contributed by atoms with van der Waals surface area (Å²) in [5.41, 5.74) is 2.06. The molecule has 0 saturated carbocycles. The van der Waals surface area contributed by atoms with Crippen molar-refractivity contribution in [3.63, 3.8) is 0 Å². The summed E-state index contributed by atoms with van der Waals surface area (Å²) in [7, 11) is 0. The van der Waals surface area contributed by atoms with Gasteiger partial charge in [0, 0.05) is 18.8 Å². The number of hydrazone groups is 1. The van der Waals surface area contributed by atoms with E-state index in [0.29, 0.717) is 11.3 Å². The second kappa shape index (κ2) is 9.37. The fourth-order valence-corrected chi connectivity index (χ4v) is 3.53. The van der Waals surface area contributed by atoms with Crippen LogP contribution >= 0.6 is 0 Å². The predicted molar refractivity (Wildman–Crippen MR) is 119 cm³/mol. The standard InChI is InChI=1S/C24H26F3N3O/c1-4-13-29(14-5-2)20-11-9-18(10-12-20)15-22-17(3)28-30(23(22)31)21-8-6-7-19(16-21)24(25,26)27/h6-12,15-16H,4-5,13-14H2,1-3H3/b22-15-. The van der Waals surface area contributed by atoms with Crippen LogP contribution in [0.2, 0.25) is 0 Å². The number of hydrogen-bond donors (Lipinski definition) is 0. The lowest BCUT2D eigenvalue weighted by Crippen LogP contribution is -2.24. The highest BCUT2D eigenvalue weighted by atomic mass is 19.4. The van der Waals surface area contributed by atoms with Gasteiger partial charge in [-0.1, -0.05) is 32.0 Å². The lowest BCUT2D eigenvalue weighted by Gasteiger charge is -2.23. The van der Waals surface area contributed by atoms with Crippen molar-refractivity contribution in [3.8, 4) is 0 Å². The second-order valence-corrected chi connectivity index (χ2v) is 7.49. The number of alkyl halides is 3. The van der Waals surface area contributed by atoms with Crippen molar-refractivity contribution in [2.24, 2.45) is 5.10 Å². The van der Waals surface area contributed by atoms with Crippen molar-refractivity contribution in [2.75, 3.05) is 23.0 Å². The molecule has 0 bridgehead atoms. The zero-order valence-electron chi connectivity index (χ0n) is 17.9. The van der Waals surface area contributed by atoms with Crippen LogP contribution in [0.15, 0.2) is 59.2 Å². The fraction of sp³-hybridized carbons (Fsp3) is 0.333. The Morgan fingerprint density at radius 2 is 1.68 bits per heavy atom. The Bertz CT molecular complexity index is 988. The van der Waals surface area contributed by atoms with Crippen LogP contribution in [0.3, 0.4) is 0 Å². The normalized spacial score (nSPS) is 15.5. The summed E-state index contributed by atoms with van der Waals surface area (Å²) in [4.78, 5) is 15.2. The van der Waals surface area contributed by atoms with Gasteiger partial charge in [-0.3, -0.25) is 4.79 Å². The Morgan fingerprint density at radius 3 is 2.26 bits per heavy atom. The number of anilines is 2. The first kappa shape index (κ1) is 22.6. The van der Waals surface area contributed by atoms with E-state index >= 15 is 0 Å². The Balaban J connectivity index is 1.83. The summed E-state index contributed by atoms with van der Waals surface area (Å²) in [5, 5.41) is 5.21. The van der Waals surface area contributed by atoms with Gasteiger partial charge in [0.15, 0.2) is 0 Å². The molecular formula is C24H26F3N3O. The first-order valence-electron chi connectivity index (χ1n) is 10.4. The number of amides is 1. The van der Waals surface area contributed by atoms with Gasteiger partial charge in [0.1, 0.15) is 0 Å². The molecule has 0 fully saturated rings. The van der Waals surface area contributed by atoms with E-state index in [4.69, 9.17) is 0 Å². The Hall–Kier alpha value is -3.09. The first-order chi connectivity index (χ1) is 14.7. The van der Waals surface area contributed by atoms with Crippen LogP contribution in [-0.2, 0) is 11.0 Å². The summed E-state index contributed by atoms with van der Waals surface area (Å²) in [5.74, 6) is -0.445. The minimum Gasteiger partial charge on any atom is -0.372 e. The van der Waals surface area contributed by atoms with E-state index in [-0.39, 0.29) is 5.69 Å². The molecular weight excluding hydrogens is 403 g/mol. The number of carbonyl (C=O) groups excluding carboxylic acids is 1. The molecule has 2 aromatic carbocycles. The van der Waals surface area contributed by atoms with Gasteiger partial charge >= 0.3 is 6.18 Å². The third-order valence-electron chi connectivity index (χ3n) is 5.04. The van der Waals surface area contributed by atoms with Gasteiger partial charge in [-0.25, -0.2) is 0 Å². The Labute approximate surface area is 180 Å². The van der Waals surface area contributed by atoms with E-state index in [1.807, 2.05) is 24.3 Å².